The average Bonchev–Trinajstić information content (AvgIpc) is 2.70. The number of esters is 1. The van der Waals surface area contributed by atoms with E-state index in [9.17, 15) is 9.59 Å². The van der Waals surface area contributed by atoms with Gasteiger partial charge in [-0.15, -0.1) is 0 Å². The van der Waals surface area contributed by atoms with Crippen molar-refractivity contribution in [3.8, 4) is 0 Å². The quantitative estimate of drug-likeness (QED) is 0.689. The minimum absolute atomic E-state index is 0.113. The van der Waals surface area contributed by atoms with E-state index in [-0.39, 0.29) is 11.9 Å². The van der Waals surface area contributed by atoms with E-state index in [1.165, 1.54) is 0 Å². The van der Waals surface area contributed by atoms with Crippen molar-refractivity contribution in [1.29, 1.82) is 0 Å². The van der Waals surface area contributed by atoms with Crippen molar-refractivity contribution >= 4 is 11.9 Å². The lowest BCUT2D eigenvalue weighted by Crippen LogP contribution is -2.51. The standard InChI is InChI=1S/C17H21NO3/c1-16(2,3)15(20)18-10-6-9-17(11-18)13-8-5-4-7-12(13)14(19)21-17/h4-5,7-8H,6,9-11H2,1-3H3/t17-/m1/s1. The predicted molar refractivity (Wildman–Crippen MR) is 78.8 cm³/mol. The Kier molecular flexibility index (Phi) is 3.08. The fraction of sp³-hybridized carbons (Fsp3) is 0.529. The molecule has 1 aromatic rings. The summed E-state index contributed by atoms with van der Waals surface area (Å²) >= 11 is 0. The number of rotatable bonds is 0. The second-order valence-electron chi connectivity index (χ2n) is 7.01. The lowest BCUT2D eigenvalue weighted by Gasteiger charge is -2.41. The van der Waals surface area contributed by atoms with Crippen LogP contribution in [-0.2, 0) is 15.1 Å². The Bertz CT molecular complexity index is 602. The van der Waals surface area contributed by atoms with Gasteiger partial charge in [-0.25, -0.2) is 4.79 Å². The van der Waals surface area contributed by atoms with Crippen LogP contribution in [-0.4, -0.2) is 29.9 Å². The Hall–Kier alpha value is -1.84. The first-order chi connectivity index (χ1) is 9.83. The number of fused-ring (bicyclic) bond motifs is 2. The third kappa shape index (κ3) is 2.23. The summed E-state index contributed by atoms with van der Waals surface area (Å²) in [7, 11) is 0. The third-order valence-corrected chi connectivity index (χ3v) is 4.31. The van der Waals surface area contributed by atoms with Crippen LogP contribution < -0.4 is 0 Å². The van der Waals surface area contributed by atoms with Gasteiger partial charge in [-0.3, -0.25) is 4.79 Å². The van der Waals surface area contributed by atoms with Crippen molar-refractivity contribution in [1.82, 2.24) is 4.90 Å². The van der Waals surface area contributed by atoms with Crippen LogP contribution in [0.4, 0.5) is 0 Å². The van der Waals surface area contributed by atoms with E-state index in [2.05, 4.69) is 0 Å². The summed E-state index contributed by atoms with van der Waals surface area (Å²) < 4.78 is 5.72. The van der Waals surface area contributed by atoms with E-state index >= 15 is 0 Å². The van der Waals surface area contributed by atoms with Gasteiger partial charge in [-0.05, 0) is 18.9 Å². The molecule has 0 aromatic heterocycles. The fourth-order valence-corrected chi connectivity index (χ4v) is 3.32. The van der Waals surface area contributed by atoms with E-state index in [1.54, 1.807) is 6.07 Å². The van der Waals surface area contributed by atoms with E-state index < -0.39 is 11.0 Å². The van der Waals surface area contributed by atoms with Crippen LogP contribution in [0.2, 0.25) is 0 Å². The molecule has 3 rings (SSSR count). The normalized spacial score (nSPS) is 24.9. The minimum atomic E-state index is -0.646. The number of amides is 1. The molecule has 1 spiro atoms. The maximum Gasteiger partial charge on any atom is 0.339 e. The monoisotopic (exact) mass is 287 g/mol. The maximum absolute atomic E-state index is 12.5. The zero-order valence-electron chi connectivity index (χ0n) is 12.8. The van der Waals surface area contributed by atoms with Crippen LogP contribution in [0.1, 0.15) is 49.5 Å². The topological polar surface area (TPSA) is 46.6 Å². The molecule has 1 fully saturated rings. The second-order valence-corrected chi connectivity index (χ2v) is 7.01. The van der Waals surface area contributed by atoms with Gasteiger partial charge in [-0.1, -0.05) is 39.0 Å². The highest BCUT2D eigenvalue weighted by molar-refractivity contribution is 5.95. The van der Waals surface area contributed by atoms with Gasteiger partial charge >= 0.3 is 5.97 Å². The molecule has 0 aliphatic carbocycles. The number of ether oxygens (including phenoxy) is 1. The number of likely N-dealkylation sites (tertiary alicyclic amines) is 1. The molecule has 0 unspecified atom stereocenters. The van der Waals surface area contributed by atoms with Gasteiger partial charge in [0.05, 0.1) is 12.1 Å². The molecule has 0 saturated carbocycles. The SMILES string of the molecule is CC(C)(C)C(=O)N1CCC[C@]2(C1)OC(=O)c1ccccc12. The van der Waals surface area contributed by atoms with E-state index in [0.29, 0.717) is 12.1 Å². The molecule has 2 heterocycles. The molecular weight excluding hydrogens is 266 g/mol. The number of hydrogen-bond acceptors (Lipinski definition) is 3. The van der Waals surface area contributed by atoms with Gasteiger partial charge in [-0.2, -0.15) is 0 Å². The summed E-state index contributed by atoms with van der Waals surface area (Å²) in [6.45, 7) is 6.96. The summed E-state index contributed by atoms with van der Waals surface area (Å²) in [6.07, 6.45) is 1.63. The highest BCUT2D eigenvalue weighted by atomic mass is 16.6. The fourth-order valence-electron chi connectivity index (χ4n) is 3.32. The smallest absolute Gasteiger partial charge is 0.339 e. The van der Waals surface area contributed by atoms with Crippen molar-refractivity contribution in [2.75, 3.05) is 13.1 Å². The molecule has 1 atom stereocenters. The van der Waals surface area contributed by atoms with Crippen molar-refractivity contribution in [2.24, 2.45) is 5.41 Å². The van der Waals surface area contributed by atoms with E-state index in [4.69, 9.17) is 4.74 Å². The van der Waals surface area contributed by atoms with Crippen molar-refractivity contribution in [3.05, 3.63) is 35.4 Å². The van der Waals surface area contributed by atoms with Gasteiger partial charge in [0.25, 0.3) is 0 Å². The Balaban J connectivity index is 1.94. The summed E-state index contributed by atoms with van der Waals surface area (Å²) in [5.41, 5.74) is 0.511. The number of carbonyl (C=O) groups excluding carboxylic acids is 2. The molecular formula is C17H21NO3. The summed E-state index contributed by atoms with van der Waals surface area (Å²) in [5.74, 6) is -0.155. The molecule has 0 N–H and O–H groups in total. The van der Waals surface area contributed by atoms with Gasteiger partial charge in [0, 0.05) is 17.5 Å². The van der Waals surface area contributed by atoms with Crippen LogP contribution in [0.3, 0.4) is 0 Å². The average molecular weight is 287 g/mol. The third-order valence-electron chi connectivity index (χ3n) is 4.31. The predicted octanol–water partition coefficient (Wildman–Crippen LogP) is 2.72. The van der Waals surface area contributed by atoms with Crippen LogP contribution in [0.15, 0.2) is 24.3 Å². The lowest BCUT2D eigenvalue weighted by molar-refractivity contribution is -0.146. The molecule has 2 aliphatic rings. The van der Waals surface area contributed by atoms with E-state index in [0.717, 1.165) is 24.9 Å². The molecule has 0 radical (unpaired) electrons. The molecule has 1 amide bonds. The summed E-state index contributed by atoms with van der Waals surface area (Å²) in [6, 6.07) is 7.52. The maximum atomic E-state index is 12.5. The summed E-state index contributed by atoms with van der Waals surface area (Å²) in [5, 5.41) is 0. The zero-order chi connectivity index (χ0) is 15.3. The first-order valence-corrected chi connectivity index (χ1v) is 7.46. The highest BCUT2D eigenvalue weighted by Gasteiger charge is 2.49. The second kappa shape index (κ2) is 4.58. The number of piperidine rings is 1. The first-order valence-electron chi connectivity index (χ1n) is 7.46. The van der Waals surface area contributed by atoms with E-state index in [1.807, 2.05) is 43.9 Å². The minimum Gasteiger partial charge on any atom is -0.449 e. The number of hydrogen-bond donors (Lipinski definition) is 0. The lowest BCUT2D eigenvalue weighted by atomic mass is 9.83. The van der Waals surface area contributed by atoms with Crippen molar-refractivity contribution < 1.29 is 14.3 Å². The molecule has 1 saturated heterocycles. The number of benzene rings is 1. The van der Waals surface area contributed by atoms with Gasteiger partial charge in [0.15, 0.2) is 5.60 Å². The van der Waals surface area contributed by atoms with Gasteiger partial charge in [0.2, 0.25) is 5.91 Å². The Labute approximate surface area is 125 Å². The van der Waals surface area contributed by atoms with Crippen LogP contribution >= 0.6 is 0 Å². The molecule has 4 nitrogen and oxygen atoms in total. The molecule has 112 valence electrons. The molecule has 21 heavy (non-hydrogen) atoms. The van der Waals surface area contributed by atoms with Crippen molar-refractivity contribution in [3.63, 3.8) is 0 Å². The number of nitrogens with zero attached hydrogens (tertiary/aromatic N) is 1. The molecule has 0 bridgehead atoms. The Morgan fingerprint density at radius 3 is 2.71 bits per heavy atom. The Morgan fingerprint density at radius 1 is 1.29 bits per heavy atom. The molecule has 1 aromatic carbocycles. The van der Waals surface area contributed by atoms with Crippen molar-refractivity contribution in [2.45, 2.75) is 39.2 Å². The largest absolute Gasteiger partial charge is 0.449 e. The van der Waals surface area contributed by atoms with Gasteiger partial charge in [0.1, 0.15) is 0 Å². The van der Waals surface area contributed by atoms with Crippen LogP contribution in [0, 0.1) is 5.41 Å². The van der Waals surface area contributed by atoms with Crippen LogP contribution in [0.25, 0.3) is 0 Å². The van der Waals surface area contributed by atoms with Gasteiger partial charge < -0.3 is 9.64 Å². The zero-order valence-corrected chi connectivity index (χ0v) is 12.8. The highest BCUT2D eigenvalue weighted by Crippen LogP contribution is 2.43. The molecule has 2 aliphatic heterocycles. The first kappa shape index (κ1) is 14.1. The molecule has 4 heteroatoms. The summed E-state index contributed by atoms with van der Waals surface area (Å²) in [4.78, 5) is 26.5. The Morgan fingerprint density at radius 2 is 2.00 bits per heavy atom. The van der Waals surface area contributed by atoms with Crippen LogP contribution in [0.5, 0.6) is 0 Å². The number of carbonyl (C=O) groups is 2.